The van der Waals surface area contributed by atoms with Crippen LogP contribution in [0.5, 0.6) is 0 Å². The first kappa shape index (κ1) is 18.1. The highest BCUT2D eigenvalue weighted by Gasteiger charge is 2.24. The highest BCUT2D eigenvalue weighted by atomic mass is 16.4. The lowest BCUT2D eigenvalue weighted by molar-refractivity contribution is -0.140. The van der Waals surface area contributed by atoms with Crippen molar-refractivity contribution >= 4 is 11.9 Å². The summed E-state index contributed by atoms with van der Waals surface area (Å²) in [6.07, 6.45) is 4.84. The summed E-state index contributed by atoms with van der Waals surface area (Å²) >= 11 is 0. The Balaban J connectivity index is 1.57. The van der Waals surface area contributed by atoms with Gasteiger partial charge in [0.2, 0.25) is 0 Å². The molecule has 9 nitrogen and oxygen atoms in total. The molecule has 1 saturated heterocycles. The van der Waals surface area contributed by atoms with Crippen LogP contribution in [0.2, 0.25) is 0 Å². The predicted octanol–water partition coefficient (Wildman–Crippen LogP) is 0.529. The van der Waals surface area contributed by atoms with Gasteiger partial charge < -0.3 is 10.0 Å². The average molecular weight is 360 g/mol. The number of aliphatic carboxylic acids is 1. The lowest BCUT2D eigenvalue weighted by Gasteiger charge is -2.34. The van der Waals surface area contributed by atoms with Crippen molar-refractivity contribution in [1.82, 2.24) is 29.4 Å². The van der Waals surface area contributed by atoms with E-state index in [0.717, 1.165) is 25.3 Å². The van der Waals surface area contributed by atoms with Gasteiger partial charge in [-0.2, -0.15) is 10.2 Å². The van der Waals surface area contributed by atoms with Crippen LogP contribution in [0.3, 0.4) is 0 Å². The molecule has 1 aliphatic heterocycles. The highest BCUT2D eigenvalue weighted by Crippen LogP contribution is 2.14. The van der Waals surface area contributed by atoms with Crippen molar-refractivity contribution in [3.05, 3.63) is 35.4 Å². The lowest BCUT2D eigenvalue weighted by Crippen LogP contribution is -2.48. The van der Waals surface area contributed by atoms with E-state index in [9.17, 15) is 9.59 Å². The molecule has 1 atom stereocenters. The maximum atomic E-state index is 12.6. The first-order valence-corrected chi connectivity index (χ1v) is 8.63. The van der Waals surface area contributed by atoms with Crippen LogP contribution in [0.1, 0.15) is 34.6 Å². The van der Waals surface area contributed by atoms with Gasteiger partial charge in [-0.15, -0.1) is 0 Å². The van der Waals surface area contributed by atoms with E-state index in [-0.39, 0.29) is 5.91 Å². The fourth-order valence-electron chi connectivity index (χ4n) is 3.01. The van der Waals surface area contributed by atoms with Crippen molar-refractivity contribution in [2.24, 2.45) is 7.05 Å². The maximum Gasteiger partial charge on any atom is 0.328 e. The summed E-state index contributed by atoms with van der Waals surface area (Å²) in [4.78, 5) is 27.7. The van der Waals surface area contributed by atoms with Gasteiger partial charge in [0.15, 0.2) is 0 Å². The van der Waals surface area contributed by atoms with Crippen molar-refractivity contribution in [3.63, 3.8) is 0 Å². The van der Waals surface area contributed by atoms with Crippen LogP contribution in [-0.4, -0.2) is 72.5 Å². The Bertz CT molecular complexity index is 803. The third-order valence-corrected chi connectivity index (χ3v) is 4.99. The molecule has 0 spiro atoms. The Labute approximate surface area is 151 Å². The summed E-state index contributed by atoms with van der Waals surface area (Å²) in [5.41, 5.74) is 2.79. The van der Waals surface area contributed by atoms with Gasteiger partial charge in [0.25, 0.3) is 5.91 Å². The number of hydrogen-bond acceptors (Lipinski definition) is 5. The van der Waals surface area contributed by atoms with Gasteiger partial charge in [-0.3, -0.25) is 19.1 Å². The number of carbonyl (C=O) groups is 2. The van der Waals surface area contributed by atoms with Gasteiger partial charge in [-0.25, -0.2) is 4.79 Å². The molecule has 3 rings (SSSR count). The van der Waals surface area contributed by atoms with Crippen molar-refractivity contribution < 1.29 is 14.7 Å². The van der Waals surface area contributed by atoms with E-state index in [1.54, 1.807) is 4.90 Å². The van der Waals surface area contributed by atoms with Crippen molar-refractivity contribution in [1.29, 1.82) is 0 Å². The number of aromatic nitrogens is 4. The Kier molecular flexibility index (Phi) is 5.08. The average Bonchev–Trinajstić information content (AvgIpc) is 3.24. The molecular weight excluding hydrogens is 336 g/mol. The van der Waals surface area contributed by atoms with Gasteiger partial charge >= 0.3 is 5.97 Å². The van der Waals surface area contributed by atoms with E-state index in [4.69, 9.17) is 5.11 Å². The van der Waals surface area contributed by atoms with Gasteiger partial charge in [-0.1, -0.05) is 0 Å². The second-order valence-electron chi connectivity index (χ2n) is 6.67. The Hall–Kier alpha value is -2.68. The minimum Gasteiger partial charge on any atom is -0.480 e. The third kappa shape index (κ3) is 3.62. The van der Waals surface area contributed by atoms with Crippen LogP contribution in [0.25, 0.3) is 0 Å². The van der Waals surface area contributed by atoms with Crippen molar-refractivity contribution in [2.75, 3.05) is 26.2 Å². The third-order valence-electron chi connectivity index (χ3n) is 4.99. The summed E-state index contributed by atoms with van der Waals surface area (Å²) in [5, 5.41) is 17.3. The number of amides is 1. The zero-order valence-corrected chi connectivity index (χ0v) is 15.3. The first-order chi connectivity index (χ1) is 12.4. The minimum atomic E-state index is -0.980. The molecule has 1 amide bonds. The number of carboxylic acid groups (broad SMARTS) is 1. The van der Waals surface area contributed by atoms with E-state index in [1.807, 2.05) is 17.9 Å². The van der Waals surface area contributed by atoms with Crippen molar-refractivity contribution in [3.8, 4) is 0 Å². The molecule has 3 heterocycles. The van der Waals surface area contributed by atoms with Crippen LogP contribution >= 0.6 is 0 Å². The summed E-state index contributed by atoms with van der Waals surface area (Å²) in [6, 6.07) is -0.795. The Morgan fingerprint density at radius 1 is 1.19 bits per heavy atom. The lowest BCUT2D eigenvalue weighted by atomic mass is 10.2. The molecule has 0 aromatic carbocycles. The molecular formula is C17H24N6O3. The standard InChI is InChI=1S/C17H24N6O3/c1-12-14(8-18-20(12)3)10-21-4-6-22(7-5-21)16(24)15-9-19-23(11-15)13(2)17(25)26/h8-9,11,13H,4-7,10H2,1-3H3,(H,25,26). The van der Waals surface area contributed by atoms with Crippen LogP contribution in [0.15, 0.2) is 18.6 Å². The highest BCUT2D eigenvalue weighted by molar-refractivity contribution is 5.93. The van der Waals surface area contributed by atoms with Gasteiger partial charge in [0.05, 0.1) is 18.0 Å². The molecule has 26 heavy (non-hydrogen) atoms. The molecule has 0 bridgehead atoms. The molecule has 2 aromatic heterocycles. The summed E-state index contributed by atoms with van der Waals surface area (Å²) in [7, 11) is 1.93. The van der Waals surface area contributed by atoms with Crippen LogP contribution in [0, 0.1) is 6.92 Å². The summed E-state index contributed by atoms with van der Waals surface area (Å²) in [5.74, 6) is -1.09. The molecule has 1 fully saturated rings. The molecule has 1 unspecified atom stereocenters. The Morgan fingerprint density at radius 3 is 2.46 bits per heavy atom. The number of aryl methyl sites for hydroxylation is 1. The first-order valence-electron chi connectivity index (χ1n) is 8.63. The molecule has 9 heteroatoms. The van der Waals surface area contributed by atoms with Crippen LogP contribution < -0.4 is 0 Å². The number of carbonyl (C=O) groups excluding carboxylic acids is 1. The molecule has 0 radical (unpaired) electrons. The van der Waals surface area contributed by atoms with E-state index in [0.29, 0.717) is 18.7 Å². The number of carboxylic acids is 1. The second-order valence-corrected chi connectivity index (χ2v) is 6.67. The second kappa shape index (κ2) is 7.28. The smallest absolute Gasteiger partial charge is 0.328 e. The Morgan fingerprint density at radius 2 is 1.88 bits per heavy atom. The van der Waals surface area contributed by atoms with Crippen LogP contribution in [-0.2, 0) is 18.4 Å². The fourth-order valence-corrected chi connectivity index (χ4v) is 3.01. The number of nitrogens with zero attached hydrogens (tertiary/aromatic N) is 6. The van der Waals surface area contributed by atoms with Gasteiger partial charge in [0, 0.05) is 57.2 Å². The molecule has 140 valence electrons. The van der Waals surface area contributed by atoms with E-state index < -0.39 is 12.0 Å². The topological polar surface area (TPSA) is 96.5 Å². The van der Waals surface area contributed by atoms with E-state index in [2.05, 4.69) is 22.0 Å². The molecule has 2 aromatic rings. The monoisotopic (exact) mass is 360 g/mol. The predicted molar refractivity (Wildman–Crippen MR) is 93.7 cm³/mol. The largest absolute Gasteiger partial charge is 0.480 e. The van der Waals surface area contributed by atoms with E-state index in [1.165, 1.54) is 29.6 Å². The molecule has 0 aliphatic carbocycles. The number of piperazine rings is 1. The number of hydrogen-bond donors (Lipinski definition) is 1. The van der Waals surface area contributed by atoms with Crippen LogP contribution in [0.4, 0.5) is 0 Å². The minimum absolute atomic E-state index is 0.106. The zero-order valence-electron chi connectivity index (χ0n) is 15.3. The molecule has 1 aliphatic rings. The fraction of sp³-hybridized carbons (Fsp3) is 0.529. The quantitative estimate of drug-likeness (QED) is 0.835. The summed E-state index contributed by atoms with van der Waals surface area (Å²) < 4.78 is 3.17. The molecule has 1 N–H and O–H groups in total. The molecule has 0 saturated carbocycles. The maximum absolute atomic E-state index is 12.6. The van der Waals surface area contributed by atoms with E-state index >= 15 is 0 Å². The van der Waals surface area contributed by atoms with Crippen molar-refractivity contribution in [2.45, 2.75) is 26.4 Å². The normalized spacial score (nSPS) is 16.7. The number of rotatable bonds is 5. The van der Waals surface area contributed by atoms with Gasteiger partial charge in [0.1, 0.15) is 6.04 Å². The van der Waals surface area contributed by atoms with Gasteiger partial charge in [-0.05, 0) is 13.8 Å². The zero-order chi connectivity index (χ0) is 18.8. The SMILES string of the molecule is Cc1c(CN2CCN(C(=O)c3cnn(C(C)C(=O)O)c3)CC2)cnn1C. The summed E-state index contributed by atoms with van der Waals surface area (Å²) in [6.45, 7) is 7.27.